The molecular formula is C16H21NO2. The minimum atomic E-state index is -0.279. The summed E-state index contributed by atoms with van der Waals surface area (Å²) in [6.07, 6.45) is 5.38. The summed E-state index contributed by atoms with van der Waals surface area (Å²) in [7, 11) is 0. The molecule has 0 spiro atoms. The van der Waals surface area contributed by atoms with Crippen molar-refractivity contribution in [3.63, 3.8) is 0 Å². The van der Waals surface area contributed by atoms with Crippen molar-refractivity contribution in [2.75, 3.05) is 0 Å². The van der Waals surface area contributed by atoms with Crippen molar-refractivity contribution in [3.05, 3.63) is 29.3 Å². The van der Waals surface area contributed by atoms with Crippen molar-refractivity contribution in [2.45, 2.75) is 52.4 Å². The normalized spacial score (nSPS) is 9.95. The van der Waals surface area contributed by atoms with E-state index in [9.17, 15) is 4.79 Å². The van der Waals surface area contributed by atoms with E-state index in [1.807, 2.05) is 12.1 Å². The van der Waals surface area contributed by atoms with Crippen molar-refractivity contribution < 1.29 is 9.53 Å². The van der Waals surface area contributed by atoms with Crippen LogP contribution >= 0.6 is 0 Å². The molecule has 0 radical (unpaired) electrons. The summed E-state index contributed by atoms with van der Waals surface area (Å²) < 4.78 is 5.27. The molecule has 0 unspecified atom stereocenters. The standard InChI is InChI=1S/C16H21NO2/c1-3-8-15-14(9-5-4-6-12-17)10-7-11-16(15)19-13(2)18/h7,10-11H,3-6,8-9H2,1-2H3. The number of hydrogen-bond acceptors (Lipinski definition) is 3. The van der Waals surface area contributed by atoms with E-state index in [-0.39, 0.29) is 5.97 Å². The van der Waals surface area contributed by atoms with Crippen molar-refractivity contribution >= 4 is 5.97 Å². The molecule has 0 amide bonds. The first-order valence-electron chi connectivity index (χ1n) is 6.85. The number of carbonyl (C=O) groups excluding carboxylic acids is 1. The van der Waals surface area contributed by atoms with Gasteiger partial charge < -0.3 is 4.74 Å². The van der Waals surface area contributed by atoms with Gasteiger partial charge in [0.05, 0.1) is 6.07 Å². The Morgan fingerprint density at radius 3 is 2.74 bits per heavy atom. The van der Waals surface area contributed by atoms with Crippen LogP contribution in [-0.4, -0.2) is 5.97 Å². The second kappa shape index (κ2) is 8.31. The van der Waals surface area contributed by atoms with Crippen LogP contribution < -0.4 is 4.74 Å². The Hall–Kier alpha value is -1.82. The van der Waals surface area contributed by atoms with Gasteiger partial charge in [0.15, 0.2) is 0 Å². The fourth-order valence-electron chi connectivity index (χ4n) is 2.15. The molecule has 1 aromatic carbocycles. The zero-order valence-corrected chi connectivity index (χ0v) is 11.7. The van der Waals surface area contributed by atoms with Crippen molar-refractivity contribution in [3.8, 4) is 11.8 Å². The molecule has 3 heteroatoms. The number of nitriles is 1. The summed E-state index contributed by atoms with van der Waals surface area (Å²) in [5.41, 5.74) is 2.37. The molecule has 0 aliphatic carbocycles. The first-order valence-corrected chi connectivity index (χ1v) is 6.85. The number of carbonyl (C=O) groups is 1. The molecule has 0 saturated carbocycles. The van der Waals surface area contributed by atoms with E-state index in [1.165, 1.54) is 12.5 Å². The number of rotatable bonds is 7. The smallest absolute Gasteiger partial charge is 0.308 e. The molecule has 0 bridgehead atoms. The Bertz CT molecular complexity index is 460. The van der Waals surface area contributed by atoms with Gasteiger partial charge in [-0.25, -0.2) is 0 Å². The maximum absolute atomic E-state index is 11.1. The van der Waals surface area contributed by atoms with Crippen molar-refractivity contribution in [2.24, 2.45) is 0 Å². The van der Waals surface area contributed by atoms with Crippen LogP contribution in [0.2, 0.25) is 0 Å². The quantitative estimate of drug-likeness (QED) is 0.425. The Balaban J connectivity index is 2.83. The van der Waals surface area contributed by atoms with Gasteiger partial charge in [-0.1, -0.05) is 25.5 Å². The van der Waals surface area contributed by atoms with Crippen molar-refractivity contribution in [1.29, 1.82) is 5.26 Å². The zero-order chi connectivity index (χ0) is 14.1. The SMILES string of the molecule is CCCc1c(CCCCC#N)cccc1OC(C)=O. The molecule has 0 atom stereocenters. The number of hydrogen-bond donors (Lipinski definition) is 0. The van der Waals surface area contributed by atoms with Gasteiger partial charge in [-0.05, 0) is 42.9 Å². The van der Waals surface area contributed by atoms with E-state index in [4.69, 9.17) is 10.00 Å². The first-order chi connectivity index (χ1) is 9.19. The molecular weight excluding hydrogens is 238 g/mol. The molecule has 1 rings (SSSR count). The first kappa shape index (κ1) is 15.2. The van der Waals surface area contributed by atoms with E-state index in [2.05, 4.69) is 19.1 Å². The summed E-state index contributed by atoms with van der Waals surface area (Å²) in [6.45, 7) is 3.54. The molecule has 1 aromatic rings. The highest BCUT2D eigenvalue weighted by Crippen LogP contribution is 2.25. The van der Waals surface area contributed by atoms with E-state index >= 15 is 0 Å². The maximum Gasteiger partial charge on any atom is 0.308 e. The Labute approximate surface area is 115 Å². The highest BCUT2D eigenvalue weighted by molar-refractivity contribution is 5.70. The van der Waals surface area contributed by atoms with E-state index < -0.39 is 0 Å². The Kier molecular flexibility index (Phi) is 6.67. The second-order valence-corrected chi connectivity index (χ2v) is 4.60. The van der Waals surface area contributed by atoms with Gasteiger partial charge >= 0.3 is 5.97 Å². The van der Waals surface area contributed by atoms with Crippen LogP contribution in [0.15, 0.2) is 18.2 Å². The molecule has 3 nitrogen and oxygen atoms in total. The number of aryl methyl sites for hydroxylation is 1. The molecule has 0 aromatic heterocycles. The number of nitrogens with zero attached hydrogens (tertiary/aromatic N) is 1. The second-order valence-electron chi connectivity index (χ2n) is 4.60. The third kappa shape index (κ3) is 5.13. The highest BCUT2D eigenvalue weighted by Gasteiger charge is 2.10. The molecule has 102 valence electrons. The maximum atomic E-state index is 11.1. The number of ether oxygens (including phenoxy) is 1. The summed E-state index contributed by atoms with van der Waals surface area (Å²) in [5, 5.41) is 8.54. The number of esters is 1. The zero-order valence-electron chi connectivity index (χ0n) is 11.7. The average Bonchev–Trinajstić information content (AvgIpc) is 2.37. The third-order valence-electron chi connectivity index (χ3n) is 2.97. The summed E-state index contributed by atoms with van der Waals surface area (Å²) in [5.74, 6) is 0.408. The summed E-state index contributed by atoms with van der Waals surface area (Å²) in [6, 6.07) is 8.03. The highest BCUT2D eigenvalue weighted by atomic mass is 16.5. The average molecular weight is 259 g/mol. The van der Waals surface area contributed by atoms with Gasteiger partial charge in [-0.2, -0.15) is 5.26 Å². The van der Waals surface area contributed by atoms with Crippen LogP contribution in [0.25, 0.3) is 0 Å². The summed E-state index contributed by atoms with van der Waals surface area (Å²) >= 11 is 0. The molecule has 19 heavy (non-hydrogen) atoms. The molecule has 0 fully saturated rings. The van der Waals surface area contributed by atoms with Gasteiger partial charge in [0, 0.05) is 13.3 Å². The topological polar surface area (TPSA) is 50.1 Å². The minimum Gasteiger partial charge on any atom is -0.426 e. The van der Waals surface area contributed by atoms with Gasteiger partial charge in [-0.3, -0.25) is 4.79 Å². The third-order valence-corrected chi connectivity index (χ3v) is 2.97. The van der Waals surface area contributed by atoms with E-state index in [0.29, 0.717) is 12.2 Å². The molecule has 0 heterocycles. The lowest BCUT2D eigenvalue weighted by molar-refractivity contribution is -0.131. The number of unbranched alkanes of at least 4 members (excludes halogenated alkanes) is 2. The Morgan fingerprint density at radius 1 is 1.32 bits per heavy atom. The van der Waals surface area contributed by atoms with Gasteiger partial charge in [0.1, 0.15) is 5.75 Å². The lowest BCUT2D eigenvalue weighted by Crippen LogP contribution is -2.06. The predicted molar refractivity (Wildman–Crippen MR) is 74.9 cm³/mol. The van der Waals surface area contributed by atoms with Crippen LogP contribution in [0.1, 0.15) is 50.7 Å². The van der Waals surface area contributed by atoms with Gasteiger partial charge in [-0.15, -0.1) is 0 Å². The van der Waals surface area contributed by atoms with Crippen LogP contribution in [0.4, 0.5) is 0 Å². The molecule has 0 aliphatic rings. The lowest BCUT2D eigenvalue weighted by Gasteiger charge is -2.13. The van der Waals surface area contributed by atoms with Gasteiger partial charge in [0.2, 0.25) is 0 Å². The minimum absolute atomic E-state index is 0.279. The predicted octanol–water partition coefficient (Wildman–Crippen LogP) is 3.80. The van der Waals surface area contributed by atoms with E-state index in [0.717, 1.165) is 37.7 Å². The molecule has 0 saturated heterocycles. The van der Waals surface area contributed by atoms with Crippen LogP contribution in [0.3, 0.4) is 0 Å². The van der Waals surface area contributed by atoms with Gasteiger partial charge in [0.25, 0.3) is 0 Å². The van der Waals surface area contributed by atoms with E-state index in [1.54, 1.807) is 0 Å². The van der Waals surface area contributed by atoms with Crippen molar-refractivity contribution in [1.82, 2.24) is 0 Å². The van der Waals surface area contributed by atoms with Crippen LogP contribution in [-0.2, 0) is 17.6 Å². The Morgan fingerprint density at radius 2 is 2.11 bits per heavy atom. The largest absolute Gasteiger partial charge is 0.426 e. The fraction of sp³-hybridized carbons (Fsp3) is 0.500. The molecule has 0 aliphatic heterocycles. The monoisotopic (exact) mass is 259 g/mol. The van der Waals surface area contributed by atoms with Crippen LogP contribution in [0.5, 0.6) is 5.75 Å². The summed E-state index contributed by atoms with van der Waals surface area (Å²) in [4.78, 5) is 11.1. The lowest BCUT2D eigenvalue weighted by atomic mass is 9.97. The molecule has 0 N–H and O–H groups in total. The van der Waals surface area contributed by atoms with Crippen LogP contribution in [0, 0.1) is 11.3 Å². The number of benzene rings is 1. The fourth-order valence-corrected chi connectivity index (χ4v) is 2.15.